The fourth-order valence-corrected chi connectivity index (χ4v) is 2.49. The number of furan rings is 1. The summed E-state index contributed by atoms with van der Waals surface area (Å²) in [4.78, 5) is 12.5. The van der Waals surface area contributed by atoms with Crippen molar-refractivity contribution in [1.82, 2.24) is 10.2 Å². The van der Waals surface area contributed by atoms with Crippen LogP contribution in [0.2, 0.25) is 0 Å². The maximum absolute atomic E-state index is 12.5. The van der Waals surface area contributed by atoms with Crippen molar-refractivity contribution in [2.75, 3.05) is 5.32 Å². The summed E-state index contributed by atoms with van der Waals surface area (Å²) in [7, 11) is 0. The molecule has 26 heavy (non-hydrogen) atoms. The molecule has 2 aromatic carbocycles. The van der Waals surface area contributed by atoms with Gasteiger partial charge in [-0.1, -0.05) is 35.4 Å². The predicted octanol–water partition coefficient (Wildman–Crippen LogP) is 3.95. The van der Waals surface area contributed by atoms with Gasteiger partial charge in [-0.15, -0.1) is 5.10 Å². The number of aromatic nitrogens is 2. The maximum atomic E-state index is 12.5. The zero-order chi connectivity index (χ0) is 17.9. The first-order chi connectivity index (χ1) is 12.7. The van der Waals surface area contributed by atoms with Crippen LogP contribution in [0, 0.1) is 0 Å². The molecule has 0 spiro atoms. The summed E-state index contributed by atoms with van der Waals surface area (Å²) in [6.07, 6.45) is 1.49. The molecule has 128 valence electrons. The number of hydrogen-bond donors (Lipinski definition) is 2. The molecule has 0 saturated heterocycles. The third kappa shape index (κ3) is 3.05. The number of amides is 1. The number of benzene rings is 2. The first-order valence-corrected chi connectivity index (χ1v) is 7.78. The van der Waals surface area contributed by atoms with Crippen LogP contribution in [0.5, 0.6) is 5.75 Å². The van der Waals surface area contributed by atoms with E-state index in [0.29, 0.717) is 16.9 Å². The van der Waals surface area contributed by atoms with E-state index < -0.39 is 5.91 Å². The lowest BCUT2D eigenvalue weighted by molar-refractivity contribution is 0.102. The minimum atomic E-state index is -0.406. The van der Waals surface area contributed by atoms with Gasteiger partial charge < -0.3 is 13.9 Å². The van der Waals surface area contributed by atoms with E-state index in [4.69, 9.17) is 8.83 Å². The summed E-state index contributed by atoms with van der Waals surface area (Å²) in [5.41, 5.74) is 1.75. The lowest BCUT2D eigenvalue weighted by Crippen LogP contribution is -2.12. The third-order valence-corrected chi connectivity index (χ3v) is 3.72. The number of phenols is 1. The number of carbonyl (C=O) groups excluding carboxylic acids is 1. The molecule has 0 fully saturated rings. The van der Waals surface area contributed by atoms with Crippen LogP contribution in [0.3, 0.4) is 0 Å². The van der Waals surface area contributed by atoms with E-state index in [-0.39, 0.29) is 17.7 Å². The maximum Gasteiger partial charge on any atom is 0.322 e. The Balaban J connectivity index is 1.56. The Bertz CT molecular complexity index is 1050. The molecule has 0 bridgehead atoms. The average molecular weight is 347 g/mol. The van der Waals surface area contributed by atoms with Crippen LogP contribution in [0.1, 0.15) is 10.4 Å². The van der Waals surface area contributed by atoms with E-state index in [1.54, 1.807) is 48.5 Å². The van der Waals surface area contributed by atoms with Crippen molar-refractivity contribution in [3.63, 3.8) is 0 Å². The lowest BCUT2D eigenvalue weighted by Gasteiger charge is -2.06. The van der Waals surface area contributed by atoms with E-state index >= 15 is 0 Å². The molecular weight excluding hydrogens is 334 g/mol. The number of rotatable bonds is 4. The van der Waals surface area contributed by atoms with Gasteiger partial charge in [-0.2, -0.15) is 0 Å². The topological polar surface area (TPSA) is 101 Å². The van der Waals surface area contributed by atoms with Crippen LogP contribution in [0.4, 0.5) is 6.01 Å². The average Bonchev–Trinajstić information content (AvgIpc) is 3.34. The number of hydrogen-bond acceptors (Lipinski definition) is 6. The molecule has 0 radical (unpaired) electrons. The third-order valence-electron chi connectivity index (χ3n) is 3.72. The van der Waals surface area contributed by atoms with Gasteiger partial charge in [-0.05, 0) is 35.9 Å². The van der Waals surface area contributed by atoms with Gasteiger partial charge in [-0.25, -0.2) is 0 Å². The van der Waals surface area contributed by atoms with Crippen molar-refractivity contribution in [3.05, 3.63) is 72.5 Å². The van der Waals surface area contributed by atoms with Crippen molar-refractivity contribution in [3.8, 4) is 28.5 Å². The van der Waals surface area contributed by atoms with Gasteiger partial charge in [0.2, 0.25) is 0 Å². The number of carbonyl (C=O) groups is 1. The Morgan fingerprint density at radius 1 is 1.00 bits per heavy atom. The summed E-state index contributed by atoms with van der Waals surface area (Å²) in [5.74, 6) is 0.328. The fraction of sp³-hybridized carbons (Fsp3) is 0. The Kier molecular flexibility index (Phi) is 3.95. The number of nitrogens with zero attached hydrogens (tertiary/aromatic N) is 2. The molecule has 0 aliphatic rings. The molecular formula is C19H13N3O4. The second kappa shape index (κ2) is 6.56. The minimum absolute atomic E-state index is 0.0330. The lowest BCUT2D eigenvalue weighted by atomic mass is 10.0. The molecule has 2 N–H and O–H groups in total. The zero-order valence-electron chi connectivity index (χ0n) is 13.4. The number of phenolic OH excluding ortho intramolecular Hbond substituents is 1. The van der Waals surface area contributed by atoms with Crippen LogP contribution in [-0.2, 0) is 0 Å². The molecule has 2 aromatic heterocycles. The van der Waals surface area contributed by atoms with E-state index in [1.807, 2.05) is 12.1 Å². The van der Waals surface area contributed by atoms with Crippen LogP contribution in [0.25, 0.3) is 22.8 Å². The molecule has 0 aliphatic carbocycles. The first kappa shape index (κ1) is 15.6. The van der Waals surface area contributed by atoms with E-state index in [9.17, 15) is 9.90 Å². The van der Waals surface area contributed by atoms with Crippen molar-refractivity contribution < 1.29 is 18.7 Å². The summed E-state index contributed by atoms with van der Waals surface area (Å²) in [5, 5.41) is 20.1. The van der Waals surface area contributed by atoms with Gasteiger partial charge in [0.25, 0.3) is 11.8 Å². The normalized spacial score (nSPS) is 10.6. The van der Waals surface area contributed by atoms with Crippen LogP contribution < -0.4 is 5.32 Å². The second-order valence-electron chi connectivity index (χ2n) is 5.44. The largest absolute Gasteiger partial charge is 0.507 e. The van der Waals surface area contributed by atoms with Crippen LogP contribution in [0.15, 0.2) is 75.8 Å². The minimum Gasteiger partial charge on any atom is -0.507 e. The molecule has 2 heterocycles. The Hall–Kier alpha value is -3.87. The van der Waals surface area contributed by atoms with E-state index in [0.717, 1.165) is 5.56 Å². The van der Waals surface area contributed by atoms with Crippen LogP contribution >= 0.6 is 0 Å². The van der Waals surface area contributed by atoms with Gasteiger partial charge >= 0.3 is 6.01 Å². The monoisotopic (exact) mass is 347 g/mol. The summed E-state index contributed by atoms with van der Waals surface area (Å²) < 4.78 is 10.5. The highest BCUT2D eigenvalue weighted by atomic mass is 16.4. The van der Waals surface area contributed by atoms with Crippen molar-refractivity contribution >= 4 is 11.9 Å². The van der Waals surface area contributed by atoms with Gasteiger partial charge in [-0.3, -0.25) is 10.1 Å². The first-order valence-electron chi connectivity index (χ1n) is 7.78. The molecule has 7 nitrogen and oxygen atoms in total. The smallest absolute Gasteiger partial charge is 0.322 e. The van der Waals surface area contributed by atoms with Crippen molar-refractivity contribution in [2.24, 2.45) is 0 Å². The standard InChI is InChI=1S/C19H13N3O4/c23-15-8-2-1-7-14(15)12-5-3-6-13(11-12)17(24)20-19-22-21-18(26-19)16-9-4-10-25-16/h1-11,23H,(H,20,22,24). The SMILES string of the molecule is O=C(Nc1nnc(-c2ccco2)o1)c1cccc(-c2ccccc2O)c1. The van der Waals surface area contributed by atoms with Crippen LogP contribution in [-0.4, -0.2) is 21.2 Å². The van der Waals surface area contributed by atoms with Gasteiger partial charge in [0.05, 0.1) is 6.26 Å². The second-order valence-corrected chi connectivity index (χ2v) is 5.44. The fourth-order valence-electron chi connectivity index (χ4n) is 2.49. The van der Waals surface area contributed by atoms with E-state index in [1.165, 1.54) is 6.26 Å². The Morgan fingerprint density at radius 3 is 2.69 bits per heavy atom. The highest BCUT2D eigenvalue weighted by Gasteiger charge is 2.15. The summed E-state index contributed by atoms with van der Waals surface area (Å²) in [6.45, 7) is 0. The highest BCUT2D eigenvalue weighted by Crippen LogP contribution is 2.29. The highest BCUT2D eigenvalue weighted by molar-refractivity contribution is 6.04. The van der Waals surface area contributed by atoms with E-state index in [2.05, 4.69) is 15.5 Å². The molecule has 7 heteroatoms. The van der Waals surface area contributed by atoms with Gasteiger partial charge in [0, 0.05) is 11.1 Å². The van der Waals surface area contributed by atoms with Gasteiger partial charge in [0.1, 0.15) is 5.75 Å². The molecule has 0 atom stereocenters. The number of para-hydroxylation sites is 1. The Morgan fingerprint density at radius 2 is 1.88 bits per heavy atom. The number of nitrogens with one attached hydrogen (secondary N) is 1. The molecule has 4 aromatic rings. The summed E-state index contributed by atoms with van der Waals surface area (Å²) >= 11 is 0. The van der Waals surface area contributed by atoms with Crippen molar-refractivity contribution in [1.29, 1.82) is 0 Å². The molecule has 0 aliphatic heterocycles. The molecule has 4 rings (SSSR count). The predicted molar refractivity (Wildman–Crippen MR) is 93.5 cm³/mol. The quantitative estimate of drug-likeness (QED) is 0.579. The molecule has 1 amide bonds. The molecule has 0 unspecified atom stereocenters. The van der Waals surface area contributed by atoms with Crippen molar-refractivity contribution in [2.45, 2.75) is 0 Å². The van der Waals surface area contributed by atoms with Gasteiger partial charge in [0.15, 0.2) is 5.76 Å². The molecule has 0 saturated carbocycles. The summed E-state index contributed by atoms with van der Waals surface area (Å²) in [6, 6.07) is 17.1. The number of aromatic hydroxyl groups is 1. The number of anilines is 1. The zero-order valence-corrected chi connectivity index (χ0v) is 13.4. The Labute approximate surface area is 147 Å².